The minimum absolute atomic E-state index is 0.117. The first kappa shape index (κ1) is 15.1. The van der Waals surface area contributed by atoms with Gasteiger partial charge in [-0.15, -0.1) is 11.3 Å². The number of rotatable bonds is 8. The van der Waals surface area contributed by atoms with Gasteiger partial charge in [-0.3, -0.25) is 9.78 Å². The monoisotopic (exact) mass is 269 g/mol. The molecule has 5 heteroatoms. The van der Waals surface area contributed by atoms with Gasteiger partial charge in [0.1, 0.15) is 0 Å². The molecular formula is C13H23N3OS. The smallest absolute Gasteiger partial charge is 0.220 e. The fraction of sp³-hybridized carbons (Fsp3) is 0.692. The van der Waals surface area contributed by atoms with Crippen molar-refractivity contribution < 1.29 is 4.79 Å². The molecule has 0 aliphatic heterocycles. The number of thiazole rings is 1. The number of aromatic nitrogens is 1. The fourth-order valence-electron chi connectivity index (χ4n) is 1.95. The topological polar surface area (TPSA) is 68.0 Å². The van der Waals surface area contributed by atoms with Gasteiger partial charge in [-0.2, -0.15) is 0 Å². The molecule has 4 nitrogen and oxygen atoms in total. The third-order valence-electron chi connectivity index (χ3n) is 3.17. The molecule has 0 aliphatic carbocycles. The van der Waals surface area contributed by atoms with E-state index in [0.29, 0.717) is 31.3 Å². The zero-order valence-corrected chi connectivity index (χ0v) is 12.0. The lowest BCUT2D eigenvalue weighted by Crippen LogP contribution is -2.24. The van der Waals surface area contributed by atoms with Crippen molar-refractivity contribution in [3.05, 3.63) is 16.6 Å². The van der Waals surface area contributed by atoms with Crippen LogP contribution in [0.25, 0.3) is 0 Å². The Morgan fingerprint density at radius 3 is 2.83 bits per heavy atom. The number of nitrogens with one attached hydrogen (secondary N) is 1. The number of nitrogens with two attached hydrogens (primary N) is 1. The van der Waals surface area contributed by atoms with Gasteiger partial charge in [-0.25, -0.2) is 0 Å². The van der Waals surface area contributed by atoms with Crippen LogP contribution in [-0.2, 0) is 11.3 Å². The van der Waals surface area contributed by atoms with E-state index < -0.39 is 0 Å². The van der Waals surface area contributed by atoms with E-state index in [1.54, 1.807) is 23.0 Å². The standard InChI is InChI=1S/C13H23N3OS/c1-10(2)11(5-6-14)3-4-13(17)16-8-12-7-15-9-18-12/h7,9-11H,3-6,8,14H2,1-2H3,(H,16,17). The van der Waals surface area contributed by atoms with Crippen LogP contribution in [0.5, 0.6) is 0 Å². The minimum atomic E-state index is 0.117. The molecule has 18 heavy (non-hydrogen) atoms. The first-order valence-corrected chi connectivity index (χ1v) is 7.35. The predicted molar refractivity (Wildman–Crippen MR) is 75.2 cm³/mol. The van der Waals surface area contributed by atoms with Gasteiger partial charge in [0.05, 0.1) is 12.1 Å². The number of hydrogen-bond acceptors (Lipinski definition) is 4. The van der Waals surface area contributed by atoms with Gasteiger partial charge in [-0.05, 0) is 31.2 Å². The van der Waals surface area contributed by atoms with E-state index in [2.05, 4.69) is 24.1 Å². The number of hydrogen-bond donors (Lipinski definition) is 2. The van der Waals surface area contributed by atoms with Gasteiger partial charge in [0.15, 0.2) is 0 Å². The molecule has 1 unspecified atom stereocenters. The Balaban J connectivity index is 2.23. The molecule has 0 bridgehead atoms. The van der Waals surface area contributed by atoms with E-state index in [1.807, 2.05) is 0 Å². The second-order valence-electron chi connectivity index (χ2n) is 4.86. The predicted octanol–water partition coefficient (Wildman–Crippen LogP) is 2.16. The highest BCUT2D eigenvalue weighted by molar-refractivity contribution is 7.09. The maximum Gasteiger partial charge on any atom is 0.220 e. The van der Waals surface area contributed by atoms with Gasteiger partial charge in [0.25, 0.3) is 0 Å². The van der Waals surface area contributed by atoms with Crippen molar-refractivity contribution in [2.75, 3.05) is 6.54 Å². The molecule has 3 N–H and O–H groups in total. The molecular weight excluding hydrogens is 246 g/mol. The summed E-state index contributed by atoms with van der Waals surface area (Å²) in [6, 6.07) is 0. The van der Waals surface area contributed by atoms with Crippen LogP contribution in [0.2, 0.25) is 0 Å². The zero-order chi connectivity index (χ0) is 13.4. The van der Waals surface area contributed by atoms with Crippen LogP contribution in [0, 0.1) is 11.8 Å². The number of carbonyl (C=O) groups is 1. The third-order valence-corrected chi connectivity index (χ3v) is 3.95. The molecule has 1 rings (SSSR count). The summed E-state index contributed by atoms with van der Waals surface area (Å²) in [6.07, 6.45) is 4.29. The lowest BCUT2D eigenvalue weighted by molar-refractivity contribution is -0.121. The Bertz CT molecular complexity index is 338. The average Bonchev–Trinajstić information content (AvgIpc) is 2.84. The summed E-state index contributed by atoms with van der Waals surface area (Å²) in [4.78, 5) is 16.8. The van der Waals surface area contributed by atoms with Crippen molar-refractivity contribution in [3.8, 4) is 0 Å². The quantitative estimate of drug-likeness (QED) is 0.760. The van der Waals surface area contributed by atoms with E-state index in [-0.39, 0.29) is 5.91 Å². The first-order chi connectivity index (χ1) is 8.63. The lowest BCUT2D eigenvalue weighted by atomic mass is 9.88. The van der Waals surface area contributed by atoms with Gasteiger partial charge in [-0.1, -0.05) is 13.8 Å². The van der Waals surface area contributed by atoms with Gasteiger partial charge < -0.3 is 11.1 Å². The number of amides is 1. The highest BCUT2D eigenvalue weighted by Gasteiger charge is 2.14. The maximum atomic E-state index is 11.7. The molecule has 0 saturated carbocycles. The van der Waals surface area contributed by atoms with E-state index >= 15 is 0 Å². The molecule has 0 aromatic carbocycles. The highest BCUT2D eigenvalue weighted by atomic mass is 32.1. The van der Waals surface area contributed by atoms with Crippen LogP contribution in [0.15, 0.2) is 11.7 Å². The average molecular weight is 269 g/mol. The van der Waals surface area contributed by atoms with E-state index in [9.17, 15) is 4.79 Å². The van der Waals surface area contributed by atoms with Crippen molar-refractivity contribution in [2.24, 2.45) is 17.6 Å². The summed E-state index contributed by atoms with van der Waals surface area (Å²) in [5.74, 6) is 1.25. The van der Waals surface area contributed by atoms with E-state index in [1.165, 1.54) is 0 Å². The molecule has 1 atom stereocenters. The fourth-order valence-corrected chi connectivity index (χ4v) is 2.48. The van der Waals surface area contributed by atoms with Crippen LogP contribution in [-0.4, -0.2) is 17.4 Å². The van der Waals surface area contributed by atoms with Crippen LogP contribution >= 0.6 is 11.3 Å². The lowest BCUT2D eigenvalue weighted by Gasteiger charge is -2.19. The Kier molecular flexibility index (Phi) is 6.90. The molecule has 0 spiro atoms. The van der Waals surface area contributed by atoms with Gasteiger partial charge >= 0.3 is 0 Å². The molecule has 0 saturated heterocycles. The molecule has 0 radical (unpaired) electrons. The Hall–Kier alpha value is -0.940. The highest BCUT2D eigenvalue weighted by Crippen LogP contribution is 2.20. The van der Waals surface area contributed by atoms with E-state index in [4.69, 9.17) is 5.73 Å². The van der Waals surface area contributed by atoms with Crippen molar-refractivity contribution in [1.29, 1.82) is 0 Å². The molecule has 1 heterocycles. The van der Waals surface area contributed by atoms with Crippen LogP contribution in [0.4, 0.5) is 0 Å². The van der Waals surface area contributed by atoms with Crippen molar-refractivity contribution in [1.82, 2.24) is 10.3 Å². The molecule has 0 fully saturated rings. The normalized spacial score (nSPS) is 12.7. The Labute approximate surface area is 113 Å². The summed E-state index contributed by atoms with van der Waals surface area (Å²) in [6.45, 7) is 5.67. The van der Waals surface area contributed by atoms with Crippen molar-refractivity contribution in [2.45, 2.75) is 39.7 Å². The summed E-state index contributed by atoms with van der Waals surface area (Å²) >= 11 is 1.56. The summed E-state index contributed by atoms with van der Waals surface area (Å²) in [5, 5.41) is 2.92. The maximum absolute atomic E-state index is 11.7. The SMILES string of the molecule is CC(C)C(CCN)CCC(=O)NCc1cncs1. The largest absolute Gasteiger partial charge is 0.351 e. The van der Waals surface area contributed by atoms with Crippen LogP contribution < -0.4 is 11.1 Å². The Morgan fingerprint density at radius 2 is 2.28 bits per heavy atom. The minimum Gasteiger partial charge on any atom is -0.351 e. The van der Waals surface area contributed by atoms with Crippen molar-refractivity contribution in [3.63, 3.8) is 0 Å². The molecule has 1 aromatic heterocycles. The van der Waals surface area contributed by atoms with Gasteiger partial charge in [0, 0.05) is 17.5 Å². The molecule has 1 aromatic rings. The summed E-state index contributed by atoms with van der Waals surface area (Å²) in [5.41, 5.74) is 7.37. The summed E-state index contributed by atoms with van der Waals surface area (Å²) < 4.78 is 0. The summed E-state index contributed by atoms with van der Waals surface area (Å²) in [7, 11) is 0. The number of carbonyl (C=O) groups excluding carboxylic acids is 1. The first-order valence-electron chi connectivity index (χ1n) is 6.47. The second-order valence-corrected chi connectivity index (χ2v) is 5.84. The third kappa shape index (κ3) is 5.60. The van der Waals surface area contributed by atoms with Crippen LogP contribution in [0.1, 0.15) is 38.0 Å². The van der Waals surface area contributed by atoms with Crippen molar-refractivity contribution >= 4 is 17.2 Å². The molecule has 0 aliphatic rings. The van der Waals surface area contributed by atoms with E-state index in [0.717, 1.165) is 17.7 Å². The number of nitrogens with zero attached hydrogens (tertiary/aromatic N) is 1. The molecule has 102 valence electrons. The van der Waals surface area contributed by atoms with Gasteiger partial charge in [0.2, 0.25) is 5.91 Å². The Morgan fingerprint density at radius 1 is 1.50 bits per heavy atom. The molecule has 1 amide bonds. The second kappa shape index (κ2) is 8.21. The van der Waals surface area contributed by atoms with Crippen LogP contribution in [0.3, 0.4) is 0 Å². The zero-order valence-electron chi connectivity index (χ0n) is 11.2.